The summed E-state index contributed by atoms with van der Waals surface area (Å²) >= 11 is 0. The van der Waals surface area contributed by atoms with Gasteiger partial charge in [0.25, 0.3) is 0 Å². The Bertz CT molecular complexity index is 310. The molecule has 0 aromatic rings. The molecule has 0 aliphatic carbocycles. The first-order valence-electron chi connectivity index (χ1n) is 4.88. The number of carbonyl (C=O) groups excluding carboxylic acids is 2. The molecule has 0 fully saturated rings. The maximum absolute atomic E-state index is 10.8. The minimum absolute atomic E-state index is 0.333. The van der Waals surface area contributed by atoms with Crippen LogP contribution in [0, 0.1) is 11.8 Å². The van der Waals surface area contributed by atoms with E-state index in [0.717, 1.165) is 0 Å². The molecule has 0 saturated heterocycles. The van der Waals surface area contributed by atoms with Gasteiger partial charge in [0.05, 0.1) is 13.2 Å². The minimum atomic E-state index is -0.439. The van der Waals surface area contributed by atoms with Crippen molar-refractivity contribution in [3.8, 4) is 11.8 Å². The van der Waals surface area contributed by atoms with Crippen molar-refractivity contribution in [2.45, 2.75) is 13.8 Å². The maximum Gasteiger partial charge on any atom is 0.331 e. The van der Waals surface area contributed by atoms with Gasteiger partial charge in [0.1, 0.15) is 0 Å². The van der Waals surface area contributed by atoms with Crippen LogP contribution in [0.4, 0.5) is 0 Å². The average molecular weight is 222 g/mol. The van der Waals surface area contributed by atoms with E-state index in [1.54, 1.807) is 13.8 Å². The smallest absolute Gasteiger partial charge is 0.331 e. The Hall–Kier alpha value is -2.02. The van der Waals surface area contributed by atoms with Gasteiger partial charge in [0, 0.05) is 12.2 Å². The third kappa shape index (κ3) is 8.57. The van der Waals surface area contributed by atoms with Crippen LogP contribution in [0.5, 0.6) is 0 Å². The predicted molar refractivity (Wildman–Crippen MR) is 59.3 cm³/mol. The fraction of sp³-hybridized carbons (Fsp3) is 0.333. The van der Waals surface area contributed by atoms with Gasteiger partial charge in [0.2, 0.25) is 0 Å². The summed E-state index contributed by atoms with van der Waals surface area (Å²) in [6.07, 6.45) is 5.14. The van der Waals surface area contributed by atoms with E-state index in [-0.39, 0.29) is 0 Å². The molecule has 0 N–H and O–H groups in total. The summed E-state index contributed by atoms with van der Waals surface area (Å²) in [4.78, 5) is 21.6. The van der Waals surface area contributed by atoms with Crippen molar-refractivity contribution in [1.29, 1.82) is 0 Å². The van der Waals surface area contributed by atoms with Crippen LogP contribution < -0.4 is 0 Å². The van der Waals surface area contributed by atoms with Gasteiger partial charge < -0.3 is 9.47 Å². The van der Waals surface area contributed by atoms with E-state index in [9.17, 15) is 9.59 Å². The van der Waals surface area contributed by atoms with Crippen LogP contribution in [-0.2, 0) is 19.1 Å². The third-order valence-corrected chi connectivity index (χ3v) is 1.26. The topological polar surface area (TPSA) is 52.6 Å². The first-order valence-corrected chi connectivity index (χ1v) is 4.88. The second-order valence-corrected chi connectivity index (χ2v) is 2.46. The molecule has 0 amide bonds. The molecule has 0 rings (SSSR count). The maximum atomic E-state index is 10.8. The van der Waals surface area contributed by atoms with Gasteiger partial charge in [-0.1, -0.05) is 11.8 Å². The summed E-state index contributed by atoms with van der Waals surface area (Å²) < 4.78 is 9.27. The molecular weight excluding hydrogens is 208 g/mol. The minimum Gasteiger partial charge on any atom is -0.463 e. The number of esters is 2. The second-order valence-electron chi connectivity index (χ2n) is 2.46. The summed E-state index contributed by atoms with van der Waals surface area (Å²) in [6, 6.07) is 0. The Balaban J connectivity index is 3.94. The average Bonchev–Trinajstić information content (AvgIpc) is 2.24. The van der Waals surface area contributed by atoms with E-state index in [1.165, 1.54) is 24.3 Å². The van der Waals surface area contributed by atoms with Gasteiger partial charge in [-0.05, 0) is 26.0 Å². The summed E-state index contributed by atoms with van der Waals surface area (Å²) in [7, 11) is 0. The van der Waals surface area contributed by atoms with Crippen molar-refractivity contribution in [3.05, 3.63) is 24.3 Å². The highest BCUT2D eigenvalue weighted by Crippen LogP contribution is 1.81. The van der Waals surface area contributed by atoms with Gasteiger partial charge in [-0.15, -0.1) is 0 Å². The van der Waals surface area contributed by atoms with Crippen LogP contribution in [-0.4, -0.2) is 25.2 Å². The molecule has 16 heavy (non-hydrogen) atoms. The van der Waals surface area contributed by atoms with Crippen molar-refractivity contribution in [2.75, 3.05) is 13.2 Å². The summed E-state index contributed by atoms with van der Waals surface area (Å²) in [5.41, 5.74) is 0. The molecule has 0 atom stereocenters. The summed E-state index contributed by atoms with van der Waals surface area (Å²) in [5.74, 6) is 4.21. The molecule has 0 aromatic carbocycles. The van der Waals surface area contributed by atoms with E-state index in [1.807, 2.05) is 0 Å². The Morgan fingerprint density at radius 2 is 1.31 bits per heavy atom. The van der Waals surface area contributed by atoms with Crippen molar-refractivity contribution in [3.63, 3.8) is 0 Å². The van der Waals surface area contributed by atoms with Gasteiger partial charge in [-0.25, -0.2) is 9.59 Å². The molecule has 0 saturated carbocycles. The van der Waals surface area contributed by atoms with E-state index in [0.29, 0.717) is 13.2 Å². The number of hydrogen-bond acceptors (Lipinski definition) is 4. The summed E-state index contributed by atoms with van der Waals surface area (Å²) in [5, 5.41) is 0. The molecule has 0 spiro atoms. The van der Waals surface area contributed by atoms with Crippen molar-refractivity contribution < 1.29 is 19.1 Å². The zero-order chi connectivity index (χ0) is 12.2. The third-order valence-electron chi connectivity index (χ3n) is 1.26. The Morgan fingerprint density at radius 1 is 0.938 bits per heavy atom. The number of ether oxygens (including phenoxy) is 2. The van der Waals surface area contributed by atoms with Crippen LogP contribution in [0.25, 0.3) is 0 Å². The van der Waals surface area contributed by atoms with Gasteiger partial charge in [0.15, 0.2) is 0 Å². The van der Waals surface area contributed by atoms with Crippen LogP contribution in [0.2, 0.25) is 0 Å². The first-order chi connectivity index (χ1) is 7.70. The fourth-order valence-electron chi connectivity index (χ4n) is 0.696. The van der Waals surface area contributed by atoms with Crippen LogP contribution >= 0.6 is 0 Å². The van der Waals surface area contributed by atoms with Gasteiger partial charge in [-0.3, -0.25) is 0 Å². The van der Waals surface area contributed by atoms with Crippen molar-refractivity contribution in [1.82, 2.24) is 0 Å². The quantitative estimate of drug-likeness (QED) is 0.408. The molecule has 0 heterocycles. The van der Waals surface area contributed by atoms with E-state index < -0.39 is 11.9 Å². The highest BCUT2D eigenvalue weighted by molar-refractivity contribution is 5.83. The van der Waals surface area contributed by atoms with Gasteiger partial charge >= 0.3 is 11.9 Å². The standard InChI is InChI=1S/C12H14O4/c1-3-15-11(13)9-7-5-6-8-10-12(14)16-4-2/h7-10H,3-4H2,1-2H3/b9-7-,10-8+. The highest BCUT2D eigenvalue weighted by atomic mass is 16.5. The zero-order valence-corrected chi connectivity index (χ0v) is 9.36. The lowest BCUT2D eigenvalue weighted by Crippen LogP contribution is -1.98. The molecule has 86 valence electrons. The second kappa shape index (κ2) is 9.53. The largest absolute Gasteiger partial charge is 0.463 e. The van der Waals surface area contributed by atoms with Crippen molar-refractivity contribution >= 4 is 11.9 Å². The molecule has 0 aliphatic rings. The number of allylic oxidation sites excluding steroid dienone is 2. The molecule has 0 aliphatic heterocycles. The molecular formula is C12H14O4. The van der Waals surface area contributed by atoms with Crippen molar-refractivity contribution in [2.24, 2.45) is 0 Å². The lowest BCUT2D eigenvalue weighted by molar-refractivity contribution is -0.138. The van der Waals surface area contributed by atoms with E-state index in [2.05, 4.69) is 21.3 Å². The lowest BCUT2D eigenvalue weighted by Gasteiger charge is -1.92. The molecule has 0 aromatic heterocycles. The predicted octanol–water partition coefficient (Wildman–Crippen LogP) is 1.23. The monoisotopic (exact) mass is 222 g/mol. The Labute approximate surface area is 94.9 Å². The summed E-state index contributed by atoms with van der Waals surface area (Å²) in [6.45, 7) is 4.11. The van der Waals surface area contributed by atoms with Gasteiger partial charge in [-0.2, -0.15) is 0 Å². The zero-order valence-electron chi connectivity index (χ0n) is 9.36. The Morgan fingerprint density at radius 3 is 1.62 bits per heavy atom. The SMILES string of the molecule is CCOC(=O)/C=C\C#C/C=C/C(=O)OCC. The molecule has 0 bridgehead atoms. The number of hydrogen-bond donors (Lipinski definition) is 0. The number of rotatable bonds is 4. The first kappa shape index (κ1) is 14.0. The van der Waals surface area contributed by atoms with E-state index >= 15 is 0 Å². The highest BCUT2D eigenvalue weighted by Gasteiger charge is 1.90. The normalized spacial score (nSPS) is 9.88. The van der Waals surface area contributed by atoms with Crippen LogP contribution in [0.3, 0.4) is 0 Å². The molecule has 0 radical (unpaired) electrons. The fourth-order valence-corrected chi connectivity index (χ4v) is 0.696. The van der Waals surface area contributed by atoms with E-state index in [4.69, 9.17) is 0 Å². The molecule has 4 nitrogen and oxygen atoms in total. The van der Waals surface area contributed by atoms with Crippen LogP contribution in [0.15, 0.2) is 24.3 Å². The Kier molecular flexibility index (Phi) is 8.33. The molecule has 0 unspecified atom stereocenters. The van der Waals surface area contributed by atoms with Crippen LogP contribution in [0.1, 0.15) is 13.8 Å². The molecule has 4 heteroatoms. The lowest BCUT2D eigenvalue weighted by atomic mass is 10.4. The number of carbonyl (C=O) groups is 2.